The molecule has 0 N–H and O–H groups in total. The molecule has 3 rings (SSSR count). The summed E-state index contributed by atoms with van der Waals surface area (Å²) in [7, 11) is 0. The van der Waals surface area contributed by atoms with Crippen molar-refractivity contribution >= 4 is 21.5 Å². The molecule has 2 nitrogen and oxygen atoms in total. The van der Waals surface area contributed by atoms with Gasteiger partial charge >= 0.3 is 0 Å². The number of nitrogens with zero attached hydrogens (tertiary/aromatic N) is 1. The molecule has 1 aromatic heterocycles. The van der Waals surface area contributed by atoms with E-state index in [-0.39, 0.29) is 5.41 Å². The first kappa shape index (κ1) is 13.6. The molecule has 1 unspecified atom stereocenters. The van der Waals surface area contributed by atoms with E-state index in [1.807, 2.05) is 13.0 Å². The molecule has 1 atom stereocenters. The Hall–Kier alpha value is -1.35. The van der Waals surface area contributed by atoms with Gasteiger partial charge in [0.25, 0.3) is 0 Å². The first-order valence-electron chi connectivity index (χ1n) is 6.91. The summed E-state index contributed by atoms with van der Waals surface area (Å²) >= 11 is 3.50. The normalized spacial score (nSPS) is 17.8. The smallest absolute Gasteiger partial charge is 0.162 e. The molecule has 1 aliphatic carbocycles. The van der Waals surface area contributed by atoms with Crippen molar-refractivity contribution in [3.63, 3.8) is 0 Å². The Morgan fingerprint density at radius 2 is 2.00 bits per heavy atom. The lowest BCUT2D eigenvalue weighted by atomic mass is 9.75. The number of benzene rings is 1. The Balaban J connectivity index is 2.06. The van der Waals surface area contributed by atoms with E-state index >= 15 is 0 Å². The molecule has 0 amide bonds. The molecule has 0 saturated heterocycles. The van der Waals surface area contributed by atoms with E-state index in [0.717, 1.165) is 21.5 Å². The zero-order chi connectivity index (χ0) is 14.3. The first-order valence-corrected chi connectivity index (χ1v) is 7.70. The third-order valence-electron chi connectivity index (χ3n) is 4.30. The van der Waals surface area contributed by atoms with Gasteiger partial charge in [0.15, 0.2) is 5.76 Å². The molecule has 2 aromatic rings. The van der Waals surface area contributed by atoms with Gasteiger partial charge in [-0.2, -0.15) is 0 Å². The Bertz CT molecular complexity index is 639. The highest BCUT2D eigenvalue weighted by atomic mass is 79.9. The number of rotatable bonds is 4. The van der Waals surface area contributed by atoms with Crippen LogP contribution in [0.15, 0.2) is 45.9 Å². The molecule has 0 radical (unpaired) electrons. The van der Waals surface area contributed by atoms with Gasteiger partial charge in [-0.15, -0.1) is 0 Å². The molecule has 0 bridgehead atoms. The van der Waals surface area contributed by atoms with E-state index in [9.17, 15) is 0 Å². The van der Waals surface area contributed by atoms with Gasteiger partial charge in [0.05, 0.1) is 5.69 Å². The van der Waals surface area contributed by atoms with Gasteiger partial charge in [-0.1, -0.05) is 39.8 Å². The molecule has 1 aromatic carbocycles. The fourth-order valence-electron chi connectivity index (χ4n) is 2.77. The number of hydrogen-bond donors (Lipinski definition) is 0. The van der Waals surface area contributed by atoms with Gasteiger partial charge in [0.2, 0.25) is 0 Å². The van der Waals surface area contributed by atoms with Crippen LogP contribution >= 0.6 is 15.9 Å². The molecule has 1 saturated carbocycles. The Morgan fingerprint density at radius 3 is 2.50 bits per heavy atom. The standard InChI is InChI=1S/C17H18BrNO/c1-11(2)15-10-16(19-20-15)17(3,12-4-5-12)13-6-8-14(18)9-7-13/h6-10,12H,1,4-5H2,2-3H3. The summed E-state index contributed by atoms with van der Waals surface area (Å²) in [6.45, 7) is 8.14. The fourth-order valence-corrected chi connectivity index (χ4v) is 3.03. The van der Waals surface area contributed by atoms with Crippen LogP contribution in [0.1, 0.15) is 43.7 Å². The lowest BCUT2D eigenvalue weighted by molar-refractivity contribution is 0.374. The van der Waals surface area contributed by atoms with Crippen LogP contribution in [-0.4, -0.2) is 5.16 Å². The van der Waals surface area contributed by atoms with Crippen LogP contribution < -0.4 is 0 Å². The van der Waals surface area contributed by atoms with Crippen LogP contribution in [0.25, 0.3) is 5.57 Å². The molecular weight excluding hydrogens is 314 g/mol. The largest absolute Gasteiger partial charge is 0.356 e. The summed E-state index contributed by atoms with van der Waals surface area (Å²) in [5.41, 5.74) is 3.15. The van der Waals surface area contributed by atoms with Crippen LogP contribution in [0.2, 0.25) is 0 Å². The van der Waals surface area contributed by atoms with Crippen molar-refractivity contribution < 1.29 is 4.52 Å². The van der Waals surface area contributed by atoms with Crippen LogP contribution in [0.5, 0.6) is 0 Å². The van der Waals surface area contributed by atoms with E-state index in [4.69, 9.17) is 4.52 Å². The van der Waals surface area contributed by atoms with E-state index in [1.54, 1.807) is 0 Å². The molecule has 1 aliphatic rings. The molecule has 0 spiro atoms. The van der Waals surface area contributed by atoms with Gasteiger partial charge < -0.3 is 4.52 Å². The van der Waals surface area contributed by atoms with Gasteiger partial charge in [0, 0.05) is 16.0 Å². The predicted octanol–water partition coefficient (Wildman–Crippen LogP) is 5.19. The molecular formula is C17H18BrNO. The lowest BCUT2D eigenvalue weighted by Gasteiger charge is -2.28. The second-order valence-corrected chi connectivity index (χ2v) is 6.76. The highest BCUT2D eigenvalue weighted by Crippen LogP contribution is 2.51. The summed E-state index contributed by atoms with van der Waals surface area (Å²) < 4.78 is 6.54. The molecule has 3 heteroatoms. The maximum atomic E-state index is 5.44. The van der Waals surface area contributed by atoms with E-state index in [1.165, 1.54) is 18.4 Å². The van der Waals surface area contributed by atoms with E-state index in [2.05, 4.69) is 58.9 Å². The Morgan fingerprint density at radius 1 is 1.35 bits per heavy atom. The monoisotopic (exact) mass is 331 g/mol. The second kappa shape index (κ2) is 4.88. The zero-order valence-corrected chi connectivity index (χ0v) is 13.4. The van der Waals surface area contributed by atoms with Crippen molar-refractivity contribution in [2.45, 2.75) is 32.1 Å². The third kappa shape index (κ3) is 2.24. The molecule has 104 valence electrons. The minimum atomic E-state index is -0.0715. The van der Waals surface area contributed by atoms with Gasteiger partial charge in [-0.05, 0) is 55.9 Å². The zero-order valence-electron chi connectivity index (χ0n) is 11.8. The van der Waals surface area contributed by atoms with Crippen LogP contribution in [-0.2, 0) is 5.41 Å². The van der Waals surface area contributed by atoms with Crippen molar-refractivity contribution in [2.24, 2.45) is 5.92 Å². The second-order valence-electron chi connectivity index (χ2n) is 5.84. The fraction of sp³-hybridized carbons (Fsp3) is 0.353. The summed E-state index contributed by atoms with van der Waals surface area (Å²) in [5.74, 6) is 1.43. The summed E-state index contributed by atoms with van der Waals surface area (Å²) in [4.78, 5) is 0. The van der Waals surface area contributed by atoms with Crippen molar-refractivity contribution in [3.8, 4) is 0 Å². The molecule has 0 aliphatic heterocycles. The maximum Gasteiger partial charge on any atom is 0.162 e. The average Bonchev–Trinajstić information content (AvgIpc) is 3.15. The van der Waals surface area contributed by atoms with Crippen LogP contribution in [0.3, 0.4) is 0 Å². The summed E-state index contributed by atoms with van der Waals surface area (Å²) in [5, 5.41) is 4.32. The highest BCUT2D eigenvalue weighted by Gasteiger charge is 2.46. The van der Waals surface area contributed by atoms with Crippen LogP contribution in [0.4, 0.5) is 0 Å². The van der Waals surface area contributed by atoms with Crippen molar-refractivity contribution in [1.29, 1.82) is 0 Å². The average molecular weight is 332 g/mol. The van der Waals surface area contributed by atoms with Gasteiger partial charge in [-0.3, -0.25) is 0 Å². The van der Waals surface area contributed by atoms with E-state index in [0.29, 0.717) is 5.92 Å². The van der Waals surface area contributed by atoms with E-state index < -0.39 is 0 Å². The molecule has 1 fully saturated rings. The Labute approximate surface area is 128 Å². The number of aromatic nitrogens is 1. The van der Waals surface area contributed by atoms with Gasteiger partial charge in [-0.25, -0.2) is 0 Å². The topological polar surface area (TPSA) is 26.0 Å². The van der Waals surface area contributed by atoms with Gasteiger partial charge in [0.1, 0.15) is 0 Å². The highest BCUT2D eigenvalue weighted by molar-refractivity contribution is 9.10. The van der Waals surface area contributed by atoms with Crippen molar-refractivity contribution in [1.82, 2.24) is 5.16 Å². The first-order chi connectivity index (χ1) is 9.51. The predicted molar refractivity (Wildman–Crippen MR) is 84.5 cm³/mol. The number of allylic oxidation sites excluding steroid dienone is 1. The third-order valence-corrected chi connectivity index (χ3v) is 4.83. The molecule has 1 heterocycles. The minimum Gasteiger partial charge on any atom is -0.356 e. The lowest BCUT2D eigenvalue weighted by Crippen LogP contribution is -2.26. The van der Waals surface area contributed by atoms with Crippen molar-refractivity contribution in [3.05, 3.63) is 58.4 Å². The molecule has 20 heavy (non-hydrogen) atoms. The number of halogens is 1. The van der Waals surface area contributed by atoms with Crippen LogP contribution in [0, 0.1) is 5.92 Å². The summed E-state index contributed by atoms with van der Waals surface area (Å²) in [6.07, 6.45) is 2.50. The maximum absolute atomic E-state index is 5.44. The summed E-state index contributed by atoms with van der Waals surface area (Å²) in [6, 6.07) is 10.6. The Kier molecular flexibility index (Phi) is 3.33. The minimum absolute atomic E-state index is 0.0715. The number of hydrogen-bond acceptors (Lipinski definition) is 2. The quantitative estimate of drug-likeness (QED) is 0.770. The van der Waals surface area contributed by atoms with Crippen molar-refractivity contribution in [2.75, 3.05) is 0 Å². The SMILES string of the molecule is C=C(C)c1cc(C(C)(c2ccc(Br)cc2)C2CC2)no1.